The molecular weight excluding hydrogens is 250 g/mol. The number of rotatable bonds is 8. The van der Waals surface area contributed by atoms with Crippen molar-refractivity contribution < 1.29 is 4.79 Å². The highest BCUT2D eigenvalue weighted by atomic mass is 16.1. The predicted octanol–water partition coefficient (Wildman–Crippen LogP) is 2.86. The number of nitrogens with zero attached hydrogens (tertiary/aromatic N) is 1. The lowest BCUT2D eigenvalue weighted by Gasteiger charge is -2.20. The molecule has 4 heteroatoms. The van der Waals surface area contributed by atoms with Gasteiger partial charge in [0, 0.05) is 23.8 Å². The number of nitrogen functional groups attached to an aromatic ring is 1. The second-order valence-corrected chi connectivity index (χ2v) is 5.54. The third-order valence-corrected chi connectivity index (χ3v) is 3.62. The highest BCUT2D eigenvalue weighted by Crippen LogP contribution is 2.27. The summed E-state index contributed by atoms with van der Waals surface area (Å²) in [7, 11) is 0. The summed E-state index contributed by atoms with van der Waals surface area (Å²) < 4.78 is 0. The molecule has 3 N–H and O–H groups in total. The Balaban J connectivity index is 1.68. The van der Waals surface area contributed by atoms with E-state index in [0.29, 0.717) is 12.1 Å². The molecule has 1 amide bonds. The van der Waals surface area contributed by atoms with Crippen LogP contribution in [0.4, 0.5) is 11.4 Å². The Kier molecular flexibility index (Phi) is 5.41. The largest absolute Gasteiger partial charge is 0.399 e. The fourth-order valence-electron chi connectivity index (χ4n) is 2.44. The summed E-state index contributed by atoms with van der Waals surface area (Å²) in [6.45, 7) is 4.40. The van der Waals surface area contributed by atoms with E-state index in [1.54, 1.807) is 12.1 Å². The van der Waals surface area contributed by atoms with E-state index in [4.69, 9.17) is 5.73 Å². The Hall–Kier alpha value is -1.55. The third kappa shape index (κ3) is 4.85. The first-order valence-electron chi connectivity index (χ1n) is 7.58. The van der Waals surface area contributed by atoms with Gasteiger partial charge in [-0.25, -0.2) is 0 Å². The number of carbonyl (C=O) groups excluding carboxylic acids is 1. The van der Waals surface area contributed by atoms with Gasteiger partial charge < -0.3 is 16.0 Å². The Morgan fingerprint density at radius 2 is 2.00 bits per heavy atom. The van der Waals surface area contributed by atoms with Gasteiger partial charge in [0.15, 0.2) is 0 Å². The Bertz CT molecular complexity index is 426. The summed E-state index contributed by atoms with van der Waals surface area (Å²) in [5.41, 5.74) is 7.14. The van der Waals surface area contributed by atoms with Crippen LogP contribution in [0.1, 0.15) is 39.0 Å². The van der Waals surface area contributed by atoms with Crippen molar-refractivity contribution in [3.05, 3.63) is 24.3 Å². The molecule has 110 valence electrons. The van der Waals surface area contributed by atoms with Crippen molar-refractivity contribution >= 4 is 17.3 Å². The van der Waals surface area contributed by atoms with Crippen LogP contribution in [-0.4, -0.2) is 29.9 Å². The molecule has 20 heavy (non-hydrogen) atoms. The molecule has 1 fully saturated rings. The zero-order valence-corrected chi connectivity index (χ0v) is 12.3. The predicted molar refractivity (Wildman–Crippen MR) is 83.6 cm³/mol. The Labute approximate surface area is 121 Å². The van der Waals surface area contributed by atoms with E-state index in [9.17, 15) is 4.79 Å². The summed E-state index contributed by atoms with van der Waals surface area (Å²) in [5.74, 6) is 0.0852. The lowest BCUT2D eigenvalue weighted by atomic mass is 10.2. The lowest BCUT2D eigenvalue weighted by Crippen LogP contribution is -2.28. The van der Waals surface area contributed by atoms with Crippen LogP contribution < -0.4 is 11.1 Å². The minimum absolute atomic E-state index is 0.0852. The summed E-state index contributed by atoms with van der Waals surface area (Å²) in [6.07, 6.45) is 5.36. The maximum atomic E-state index is 11.9. The molecule has 0 heterocycles. The van der Waals surface area contributed by atoms with Gasteiger partial charge in [-0.15, -0.1) is 0 Å². The molecule has 0 saturated heterocycles. The van der Waals surface area contributed by atoms with E-state index in [-0.39, 0.29) is 5.91 Å². The summed E-state index contributed by atoms with van der Waals surface area (Å²) in [6, 6.07) is 8.05. The molecule has 2 rings (SSSR count). The lowest BCUT2D eigenvalue weighted by molar-refractivity contribution is -0.116. The second-order valence-electron chi connectivity index (χ2n) is 5.54. The molecule has 1 aliphatic carbocycles. The molecule has 0 radical (unpaired) electrons. The Morgan fingerprint density at radius 1 is 1.30 bits per heavy atom. The van der Waals surface area contributed by atoms with Crippen LogP contribution in [0.25, 0.3) is 0 Å². The van der Waals surface area contributed by atoms with Gasteiger partial charge in [0.1, 0.15) is 0 Å². The number of benzene rings is 1. The molecule has 1 aliphatic rings. The molecule has 0 bridgehead atoms. The topological polar surface area (TPSA) is 58.4 Å². The highest BCUT2D eigenvalue weighted by molar-refractivity contribution is 5.90. The molecule has 1 aromatic carbocycles. The van der Waals surface area contributed by atoms with E-state index in [1.165, 1.54) is 19.3 Å². The van der Waals surface area contributed by atoms with Crippen molar-refractivity contribution in [2.75, 3.05) is 24.1 Å². The van der Waals surface area contributed by atoms with Crippen LogP contribution in [0.2, 0.25) is 0 Å². The van der Waals surface area contributed by atoms with Crippen molar-refractivity contribution in [3.63, 3.8) is 0 Å². The number of carbonyl (C=O) groups is 1. The highest BCUT2D eigenvalue weighted by Gasteiger charge is 2.27. The zero-order valence-electron chi connectivity index (χ0n) is 12.3. The minimum atomic E-state index is 0.0852. The number of amides is 1. The minimum Gasteiger partial charge on any atom is -0.399 e. The van der Waals surface area contributed by atoms with Gasteiger partial charge in [-0.1, -0.05) is 6.92 Å². The van der Waals surface area contributed by atoms with Gasteiger partial charge in [-0.3, -0.25) is 4.79 Å². The molecule has 0 aromatic heterocycles. The molecule has 1 saturated carbocycles. The average molecular weight is 275 g/mol. The second kappa shape index (κ2) is 7.29. The van der Waals surface area contributed by atoms with Crippen LogP contribution in [0.15, 0.2) is 24.3 Å². The van der Waals surface area contributed by atoms with E-state index >= 15 is 0 Å². The van der Waals surface area contributed by atoms with Crippen LogP contribution in [-0.2, 0) is 4.79 Å². The molecule has 1 aromatic rings. The number of anilines is 2. The van der Waals surface area contributed by atoms with Gasteiger partial charge in [-0.2, -0.15) is 0 Å². The van der Waals surface area contributed by atoms with Crippen molar-refractivity contribution in [2.45, 2.75) is 45.1 Å². The summed E-state index contributed by atoms with van der Waals surface area (Å²) in [4.78, 5) is 14.4. The van der Waals surface area contributed by atoms with Crippen molar-refractivity contribution in [3.8, 4) is 0 Å². The average Bonchev–Trinajstić information content (AvgIpc) is 3.25. The van der Waals surface area contributed by atoms with Gasteiger partial charge in [-0.05, 0) is 63.0 Å². The smallest absolute Gasteiger partial charge is 0.224 e. The van der Waals surface area contributed by atoms with Crippen LogP contribution in [0, 0.1) is 0 Å². The quantitative estimate of drug-likeness (QED) is 0.717. The van der Waals surface area contributed by atoms with Gasteiger partial charge in [0.2, 0.25) is 5.91 Å². The van der Waals surface area contributed by atoms with Gasteiger partial charge in [0.05, 0.1) is 0 Å². The third-order valence-electron chi connectivity index (χ3n) is 3.62. The van der Waals surface area contributed by atoms with Crippen molar-refractivity contribution in [2.24, 2.45) is 0 Å². The SMILES string of the molecule is CCCN(CCCC(=O)Nc1ccc(N)cc1)C1CC1. The van der Waals surface area contributed by atoms with Crippen LogP contribution >= 0.6 is 0 Å². The normalized spacial score (nSPS) is 14.5. The van der Waals surface area contributed by atoms with Crippen molar-refractivity contribution in [1.82, 2.24) is 4.90 Å². The number of hydrogen-bond acceptors (Lipinski definition) is 3. The van der Waals surface area contributed by atoms with Crippen LogP contribution in [0.3, 0.4) is 0 Å². The maximum absolute atomic E-state index is 11.9. The van der Waals surface area contributed by atoms with Crippen molar-refractivity contribution in [1.29, 1.82) is 0 Å². The first-order chi connectivity index (χ1) is 9.69. The molecular formula is C16H25N3O. The first-order valence-corrected chi connectivity index (χ1v) is 7.58. The fourth-order valence-corrected chi connectivity index (χ4v) is 2.44. The monoisotopic (exact) mass is 275 g/mol. The van der Waals surface area contributed by atoms with E-state index < -0.39 is 0 Å². The van der Waals surface area contributed by atoms with Crippen LogP contribution in [0.5, 0.6) is 0 Å². The first kappa shape index (κ1) is 14.9. The maximum Gasteiger partial charge on any atom is 0.224 e. The zero-order chi connectivity index (χ0) is 14.4. The van der Waals surface area contributed by atoms with Gasteiger partial charge in [0.25, 0.3) is 0 Å². The Morgan fingerprint density at radius 3 is 2.60 bits per heavy atom. The van der Waals surface area contributed by atoms with E-state index in [0.717, 1.165) is 31.2 Å². The molecule has 0 unspecified atom stereocenters. The molecule has 4 nitrogen and oxygen atoms in total. The van der Waals surface area contributed by atoms with E-state index in [2.05, 4.69) is 17.1 Å². The number of nitrogens with one attached hydrogen (secondary N) is 1. The molecule has 0 atom stereocenters. The summed E-state index contributed by atoms with van der Waals surface area (Å²) in [5, 5.41) is 2.91. The number of hydrogen-bond donors (Lipinski definition) is 2. The van der Waals surface area contributed by atoms with Gasteiger partial charge >= 0.3 is 0 Å². The number of nitrogens with two attached hydrogens (primary N) is 1. The molecule has 0 spiro atoms. The van der Waals surface area contributed by atoms with E-state index in [1.807, 2.05) is 12.1 Å². The summed E-state index contributed by atoms with van der Waals surface area (Å²) >= 11 is 0. The molecule has 0 aliphatic heterocycles. The standard InChI is InChI=1S/C16H25N3O/c1-2-11-19(15-9-10-15)12-3-4-16(20)18-14-7-5-13(17)6-8-14/h5-8,15H,2-4,9-12,17H2,1H3,(H,18,20). The fraction of sp³-hybridized carbons (Fsp3) is 0.562.